The van der Waals surface area contributed by atoms with Crippen LogP contribution in [0.25, 0.3) is 0 Å². The largest absolute Gasteiger partial charge is 0.743 e. The molecule has 23 heteroatoms. The lowest BCUT2D eigenvalue weighted by atomic mass is 9.44. The maximum atomic E-state index is 13.8. The van der Waals surface area contributed by atoms with Crippen LogP contribution in [0.4, 0.5) is 30.7 Å². The number of alkyl halides is 7. The summed E-state index contributed by atoms with van der Waals surface area (Å²) in [5.41, 5.74) is -2.94. The Kier molecular flexibility index (Phi) is 12.8. The van der Waals surface area contributed by atoms with E-state index >= 15 is 0 Å². The molecule has 0 radical (unpaired) electrons. The molecular weight excluding hydrogens is 878 g/mol. The minimum absolute atomic E-state index is 0.0174. The zero-order chi connectivity index (χ0) is 46.2. The average Bonchev–Trinajstić information content (AvgIpc) is 3.06. The minimum Gasteiger partial charge on any atom is -0.743 e. The highest BCUT2D eigenvalue weighted by atomic mass is 32.2. The quantitative estimate of drug-likeness (QED) is 0.0622. The van der Waals surface area contributed by atoms with E-state index in [0.717, 1.165) is 25.7 Å². The van der Waals surface area contributed by atoms with Gasteiger partial charge >= 0.3 is 40.6 Å². The van der Waals surface area contributed by atoms with Crippen LogP contribution in [0, 0.1) is 39.9 Å². The summed E-state index contributed by atoms with van der Waals surface area (Å²) in [5.74, 6) is -3.38. The second-order valence-corrected chi connectivity index (χ2v) is 21.5. The van der Waals surface area contributed by atoms with E-state index in [9.17, 15) is 75.9 Å². The van der Waals surface area contributed by atoms with Gasteiger partial charge in [0.15, 0.2) is 26.3 Å². The van der Waals surface area contributed by atoms with Crippen LogP contribution in [0.2, 0.25) is 0 Å². The van der Waals surface area contributed by atoms with Gasteiger partial charge in [-0.25, -0.2) is 26.4 Å². The highest BCUT2D eigenvalue weighted by Gasteiger charge is 2.65. The Morgan fingerprint density at radius 2 is 1.15 bits per heavy atom. The van der Waals surface area contributed by atoms with Crippen LogP contribution in [0.3, 0.4) is 0 Å². The maximum absolute atomic E-state index is 13.8. The van der Waals surface area contributed by atoms with E-state index in [-0.39, 0.29) is 47.8 Å². The predicted octanol–water partition coefficient (Wildman–Crippen LogP) is 6.21. The maximum Gasteiger partial charge on any atom is 0.432 e. The summed E-state index contributed by atoms with van der Waals surface area (Å²) < 4.78 is 178. The number of ether oxygens (including phenoxy) is 4. The van der Waals surface area contributed by atoms with Gasteiger partial charge in [0.05, 0.1) is 18.4 Å². The number of halogens is 7. The van der Waals surface area contributed by atoms with E-state index in [1.165, 1.54) is 13.8 Å². The van der Waals surface area contributed by atoms with Crippen molar-refractivity contribution in [1.29, 1.82) is 0 Å². The van der Waals surface area contributed by atoms with Crippen LogP contribution in [0.1, 0.15) is 104 Å². The molecule has 8 fully saturated rings. The first-order chi connectivity index (χ1) is 27.6. The Balaban J connectivity index is 0.000000232. The summed E-state index contributed by atoms with van der Waals surface area (Å²) in [7, 11) is -12.7. The summed E-state index contributed by atoms with van der Waals surface area (Å²) in [6.07, 6.45) is -7.09. The summed E-state index contributed by atoms with van der Waals surface area (Å²) in [5, 5.41) is -10.6. The molecule has 0 aliphatic heterocycles. The van der Waals surface area contributed by atoms with Crippen molar-refractivity contribution in [2.24, 2.45) is 39.9 Å². The number of hydrogen-bond acceptors (Lipinski definition) is 14. The fourth-order valence-corrected chi connectivity index (χ4v) is 12.6. The molecule has 0 aromatic carbocycles. The smallest absolute Gasteiger partial charge is 0.432 e. The second kappa shape index (κ2) is 16.0. The van der Waals surface area contributed by atoms with Gasteiger partial charge in [0, 0.05) is 16.6 Å². The highest BCUT2D eigenvalue weighted by molar-refractivity contribution is 7.87. The van der Waals surface area contributed by atoms with Crippen molar-refractivity contribution in [3.05, 3.63) is 24.3 Å². The molecule has 346 valence electrons. The van der Waals surface area contributed by atoms with Crippen LogP contribution in [-0.2, 0) is 58.4 Å². The van der Waals surface area contributed by atoms with Crippen molar-refractivity contribution in [1.82, 2.24) is 0 Å². The SMILES string of the molecule is C=C(C)C(=O)OC12CC3CC(CC(CC(=O)OC(C(F)(F)F)C(F)(F)S(=O)(=O)[O-])(C3)C1)C2.C=C(C)C(=O)OCC12CC3CC(C1)CC(C(=O)OC(C)C(F)(F)S(=O)(=O)[O-])(C3)C2. The Labute approximate surface area is 347 Å². The van der Waals surface area contributed by atoms with Gasteiger partial charge in [-0.1, -0.05) is 13.2 Å². The van der Waals surface area contributed by atoms with Crippen LogP contribution >= 0.6 is 0 Å². The monoisotopic (exact) mass is 924 g/mol. The molecule has 6 atom stereocenters. The molecule has 8 saturated carbocycles. The standard InChI is InChI=1S/C19H23F5O7S.C19H26F2O7S/c1-10(2)14(26)31-17-6-11-3-12(7-17)5-16(4-11,9-17)8-13(25)30-15(18(20,21)22)19(23,24)32(27,28)29;1-11(2)15(22)27-10-17-5-13-4-14(6-17)8-18(7-13,9-17)16(23)28-12(3)19(20,21)29(24,25)26/h11-12,15H,1,3-9H2,2H3,(H,27,28,29);12-14H,1,4-10H2,2-3H3,(H,24,25,26)/p-2. The highest BCUT2D eigenvalue weighted by Crippen LogP contribution is 2.66. The first-order valence-electron chi connectivity index (χ1n) is 19.4. The van der Waals surface area contributed by atoms with E-state index in [4.69, 9.17) is 14.2 Å². The van der Waals surface area contributed by atoms with E-state index in [2.05, 4.69) is 17.9 Å². The lowest BCUT2D eigenvalue weighted by Crippen LogP contribution is -2.58. The third-order valence-electron chi connectivity index (χ3n) is 13.1. The lowest BCUT2D eigenvalue weighted by Gasteiger charge is -2.61. The summed E-state index contributed by atoms with van der Waals surface area (Å²) in [4.78, 5) is 49.1. The first kappa shape index (κ1) is 48.7. The van der Waals surface area contributed by atoms with Crippen molar-refractivity contribution >= 4 is 44.1 Å². The Hall–Kier alpha value is -3.31. The number of rotatable bonds is 14. The summed E-state index contributed by atoms with van der Waals surface area (Å²) in [6.45, 7) is 10.9. The third-order valence-corrected chi connectivity index (χ3v) is 14.9. The van der Waals surface area contributed by atoms with Crippen LogP contribution in [-0.4, -0.2) is 90.9 Å². The van der Waals surface area contributed by atoms with Gasteiger partial charge in [0.25, 0.3) is 6.10 Å². The summed E-state index contributed by atoms with van der Waals surface area (Å²) in [6, 6.07) is 0. The summed E-state index contributed by atoms with van der Waals surface area (Å²) >= 11 is 0. The molecule has 0 saturated heterocycles. The Morgan fingerprint density at radius 1 is 0.689 bits per heavy atom. The van der Waals surface area contributed by atoms with E-state index < -0.39 is 101 Å². The van der Waals surface area contributed by atoms with Gasteiger partial charge in [-0.2, -0.15) is 30.7 Å². The number of carbonyl (C=O) groups is 4. The number of esters is 4. The molecule has 14 nitrogen and oxygen atoms in total. The van der Waals surface area contributed by atoms with Crippen molar-refractivity contribution < 1.29 is 94.8 Å². The van der Waals surface area contributed by atoms with Gasteiger partial charge in [0.1, 0.15) is 5.60 Å². The molecule has 8 rings (SSSR count). The zero-order valence-corrected chi connectivity index (χ0v) is 35.1. The first-order valence-corrected chi connectivity index (χ1v) is 22.2. The second-order valence-electron chi connectivity index (χ2n) is 18.6. The Morgan fingerprint density at radius 3 is 1.59 bits per heavy atom. The molecule has 0 N–H and O–H groups in total. The fourth-order valence-electron chi connectivity index (χ4n) is 11.7. The Bertz CT molecular complexity index is 2020. The zero-order valence-electron chi connectivity index (χ0n) is 33.5. The fraction of sp³-hybridized carbons (Fsp3) is 0.789. The van der Waals surface area contributed by atoms with Crippen LogP contribution in [0.5, 0.6) is 0 Å². The molecule has 0 aromatic heterocycles. The van der Waals surface area contributed by atoms with Crippen molar-refractivity contribution in [3.8, 4) is 0 Å². The normalized spacial score (nSPS) is 33.7. The van der Waals surface area contributed by atoms with E-state index in [1.807, 2.05) is 0 Å². The van der Waals surface area contributed by atoms with Gasteiger partial charge in [-0.3, -0.25) is 9.59 Å². The minimum atomic E-state index is -6.76. The molecule has 8 aliphatic carbocycles. The molecule has 6 unspecified atom stereocenters. The predicted molar refractivity (Wildman–Crippen MR) is 191 cm³/mol. The lowest BCUT2D eigenvalue weighted by molar-refractivity contribution is -0.261. The van der Waals surface area contributed by atoms with Crippen molar-refractivity contribution in [2.45, 2.75) is 139 Å². The molecule has 61 heavy (non-hydrogen) atoms. The molecular formula is C38H47F7O14S2-2. The van der Waals surface area contributed by atoms with E-state index in [1.54, 1.807) is 0 Å². The average molecular weight is 925 g/mol. The van der Waals surface area contributed by atoms with Crippen molar-refractivity contribution in [3.63, 3.8) is 0 Å². The van der Waals surface area contributed by atoms with Gasteiger partial charge in [-0.05, 0) is 127 Å². The molecule has 0 aromatic rings. The van der Waals surface area contributed by atoms with Gasteiger partial charge in [0.2, 0.25) is 0 Å². The van der Waals surface area contributed by atoms with Gasteiger partial charge < -0.3 is 28.1 Å². The molecule has 8 aliphatic rings. The molecule has 0 amide bonds. The number of carbonyl (C=O) groups excluding carboxylic acids is 4. The van der Waals surface area contributed by atoms with E-state index in [0.29, 0.717) is 51.9 Å². The van der Waals surface area contributed by atoms with Crippen LogP contribution < -0.4 is 0 Å². The molecule has 0 heterocycles. The van der Waals surface area contributed by atoms with Crippen LogP contribution in [0.15, 0.2) is 24.3 Å². The van der Waals surface area contributed by atoms with Crippen molar-refractivity contribution in [2.75, 3.05) is 6.61 Å². The molecule has 0 spiro atoms. The van der Waals surface area contributed by atoms with Gasteiger partial charge in [-0.15, -0.1) is 0 Å². The molecule has 8 bridgehead atoms. The topological polar surface area (TPSA) is 220 Å². The third kappa shape index (κ3) is 9.93. The number of hydrogen-bond donors (Lipinski definition) is 0.